The standard InChI is InChI=1S/C14H23ClN4O2/c1-14(2,3)21-13(20)18-6-4-5-11(8-18)9-19-10-12(7-15)16-17-19/h10-11H,4-9H2,1-3H3/t11-/m0/s1. The molecule has 118 valence electrons. The van der Waals surface area contributed by atoms with Crippen molar-refractivity contribution < 1.29 is 9.53 Å². The van der Waals surface area contributed by atoms with E-state index in [1.54, 1.807) is 9.58 Å². The van der Waals surface area contributed by atoms with Crippen molar-refractivity contribution >= 4 is 17.7 Å². The number of nitrogens with zero attached hydrogens (tertiary/aromatic N) is 4. The summed E-state index contributed by atoms with van der Waals surface area (Å²) in [6, 6.07) is 0. The summed E-state index contributed by atoms with van der Waals surface area (Å²) < 4.78 is 7.24. The summed E-state index contributed by atoms with van der Waals surface area (Å²) in [5.74, 6) is 0.741. The first-order chi connectivity index (χ1) is 9.87. The third-order valence-corrected chi connectivity index (χ3v) is 3.61. The van der Waals surface area contributed by atoms with E-state index in [4.69, 9.17) is 16.3 Å². The van der Waals surface area contributed by atoms with E-state index < -0.39 is 5.60 Å². The van der Waals surface area contributed by atoms with Crippen molar-refractivity contribution in [2.45, 2.75) is 51.6 Å². The molecule has 0 N–H and O–H groups in total. The predicted molar refractivity (Wildman–Crippen MR) is 80.1 cm³/mol. The van der Waals surface area contributed by atoms with Gasteiger partial charge in [0.05, 0.1) is 11.6 Å². The van der Waals surface area contributed by atoms with Crippen molar-refractivity contribution in [2.24, 2.45) is 5.92 Å². The van der Waals surface area contributed by atoms with Crippen LogP contribution in [0.5, 0.6) is 0 Å². The van der Waals surface area contributed by atoms with E-state index in [0.717, 1.165) is 31.6 Å². The number of likely N-dealkylation sites (tertiary alicyclic amines) is 1. The van der Waals surface area contributed by atoms with Crippen LogP contribution in [0.1, 0.15) is 39.3 Å². The van der Waals surface area contributed by atoms with Crippen LogP contribution in [-0.2, 0) is 17.2 Å². The van der Waals surface area contributed by atoms with Crippen molar-refractivity contribution in [3.8, 4) is 0 Å². The number of ether oxygens (including phenoxy) is 1. The molecule has 1 aromatic heterocycles. The molecule has 6 nitrogen and oxygen atoms in total. The van der Waals surface area contributed by atoms with Gasteiger partial charge in [0.15, 0.2) is 0 Å². The molecular formula is C14H23ClN4O2. The molecule has 0 saturated carbocycles. The quantitative estimate of drug-likeness (QED) is 0.805. The van der Waals surface area contributed by atoms with Crippen LogP contribution in [0.4, 0.5) is 4.79 Å². The van der Waals surface area contributed by atoms with Crippen molar-refractivity contribution in [1.29, 1.82) is 0 Å². The Hall–Kier alpha value is -1.30. The summed E-state index contributed by atoms with van der Waals surface area (Å²) in [5.41, 5.74) is 0.321. The normalized spacial score (nSPS) is 19.6. The minimum absolute atomic E-state index is 0.229. The van der Waals surface area contributed by atoms with Gasteiger partial charge in [-0.25, -0.2) is 4.79 Å². The van der Waals surface area contributed by atoms with E-state index in [-0.39, 0.29) is 6.09 Å². The van der Waals surface area contributed by atoms with E-state index in [2.05, 4.69) is 10.3 Å². The molecule has 0 radical (unpaired) electrons. The summed E-state index contributed by atoms with van der Waals surface area (Å²) in [6.07, 6.45) is 3.70. The van der Waals surface area contributed by atoms with Crippen LogP contribution in [0.25, 0.3) is 0 Å². The van der Waals surface area contributed by atoms with Gasteiger partial charge in [0, 0.05) is 25.8 Å². The third-order valence-electron chi connectivity index (χ3n) is 3.34. The Morgan fingerprint density at radius 3 is 2.90 bits per heavy atom. The lowest BCUT2D eigenvalue weighted by Crippen LogP contribution is -2.43. The summed E-state index contributed by atoms with van der Waals surface area (Å²) in [4.78, 5) is 13.9. The molecule has 0 aromatic carbocycles. The summed E-state index contributed by atoms with van der Waals surface area (Å²) in [7, 11) is 0. The van der Waals surface area contributed by atoms with Gasteiger partial charge in [-0.15, -0.1) is 16.7 Å². The molecule has 2 rings (SSSR count). The van der Waals surface area contributed by atoms with E-state index in [9.17, 15) is 4.79 Å². The number of piperidine rings is 1. The molecule has 1 aliphatic heterocycles. The lowest BCUT2D eigenvalue weighted by molar-refractivity contribution is 0.0155. The zero-order valence-electron chi connectivity index (χ0n) is 12.9. The molecular weight excluding hydrogens is 292 g/mol. The van der Waals surface area contributed by atoms with Gasteiger partial charge in [0.2, 0.25) is 0 Å². The molecule has 21 heavy (non-hydrogen) atoms. The fraction of sp³-hybridized carbons (Fsp3) is 0.786. The fourth-order valence-electron chi connectivity index (χ4n) is 2.46. The molecule has 1 atom stereocenters. The van der Waals surface area contributed by atoms with Crippen LogP contribution in [0.2, 0.25) is 0 Å². The average Bonchev–Trinajstić information content (AvgIpc) is 2.85. The van der Waals surface area contributed by atoms with Gasteiger partial charge in [0.25, 0.3) is 0 Å². The van der Waals surface area contributed by atoms with Gasteiger partial charge in [-0.2, -0.15) is 0 Å². The van der Waals surface area contributed by atoms with Crippen molar-refractivity contribution in [2.75, 3.05) is 13.1 Å². The smallest absolute Gasteiger partial charge is 0.410 e. The lowest BCUT2D eigenvalue weighted by Gasteiger charge is -2.34. The largest absolute Gasteiger partial charge is 0.444 e. The van der Waals surface area contributed by atoms with Crippen molar-refractivity contribution in [3.63, 3.8) is 0 Å². The number of alkyl halides is 1. The Bertz CT molecular complexity index is 484. The second-order valence-corrected chi connectivity index (χ2v) is 6.77. The molecule has 0 unspecified atom stereocenters. The van der Waals surface area contributed by atoms with Crippen LogP contribution in [-0.4, -0.2) is 44.7 Å². The van der Waals surface area contributed by atoms with Crippen molar-refractivity contribution in [1.82, 2.24) is 19.9 Å². The first-order valence-corrected chi connectivity index (χ1v) is 7.84. The predicted octanol–water partition coefficient (Wildman–Crippen LogP) is 2.66. The Labute approximate surface area is 130 Å². The van der Waals surface area contributed by atoms with Gasteiger partial charge >= 0.3 is 6.09 Å². The molecule has 7 heteroatoms. The minimum atomic E-state index is -0.453. The van der Waals surface area contributed by atoms with Gasteiger partial charge in [0.1, 0.15) is 5.60 Å². The second-order valence-electron chi connectivity index (χ2n) is 6.50. The number of halogens is 1. The number of hydrogen-bond donors (Lipinski definition) is 0. The molecule has 2 heterocycles. The van der Waals surface area contributed by atoms with Crippen LogP contribution >= 0.6 is 11.6 Å². The molecule has 1 saturated heterocycles. The second kappa shape index (κ2) is 6.64. The zero-order chi connectivity index (χ0) is 15.5. The van der Waals surface area contributed by atoms with E-state index >= 15 is 0 Å². The number of rotatable bonds is 3. The summed E-state index contributed by atoms with van der Waals surface area (Å²) in [5, 5.41) is 8.04. The highest BCUT2D eigenvalue weighted by Crippen LogP contribution is 2.20. The number of hydrogen-bond acceptors (Lipinski definition) is 4. The first kappa shape index (κ1) is 16.1. The van der Waals surface area contributed by atoms with E-state index in [0.29, 0.717) is 18.3 Å². The third kappa shape index (κ3) is 4.88. The topological polar surface area (TPSA) is 60.2 Å². The lowest BCUT2D eigenvalue weighted by atomic mass is 9.98. The van der Waals surface area contributed by atoms with Crippen LogP contribution in [0.3, 0.4) is 0 Å². The molecule has 1 aliphatic rings. The van der Waals surface area contributed by atoms with Crippen LogP contribution < -0.4 is 0 Å². The van der Waals surface area contributed by atoms with Crippen molar-refractivity contribution in [3.05, 3.63) is 11.9 Å². The molecule has 0 aliphatic carbocycles. The highest BCUT2D eigenvalue weighted by Gasteiger charge is 2.27. The molecule has 1 aromatic rings. The van der Waals surface area contributed by atoms with Crippen LogP contribution in [0.15, 0.2) is 6.20 Å². The number of amides is 1. The Morgan fingerprint density at radius 2 is 2.29 bits per heavy atom. The van der Waals surface area contributed by atoms with E-state index in [1.807, 2.05) is 27.0 Å². The highest BCUT2D eigenvalue weighted by atomic mass is 35.5. The first-order valence-electron chi connectivity index (χ1n) is 7.30. The number of carbonyl (C=O) groups is 1. The maximum absolute atomic E-state index is 12.1. The Kier molecular flexibility index (Phi) is 5.08. The van der Waals surface area contributed by atoms with Gasteiger partial charge < -0.3 is 9.64 Å². The maximum atomic E-state index is 12.1. The molecule has 1 fully saturated rings. The summed E-state index contributed by atoms with van der Waals surface area (Å²) in [6.45, 7) is 7.87. The minimum Gasteiger partial charge on any atom is -0.444 e. The van der Waals surface area contributed by atoms with Crippen LogP contribution in [0, 0.1) is 5.92 Å². The monoisotopic (exact) mass is 314 g/mol. The zero-order valence-corrected chi connectivity index (χ0v) is 13.6. The fourth-order valence-corrected chi connectivity index (χ4v) is 2.58. The molecule has 1 amide bonds. The van der Waals surface area contributed by atoms with E-state index in [1.165, 1.54) is 0 Å². The Balaban J connectivity index is 1.89. The van der Waals surface area contributed by atoms with Gasteiger partial charge in [-0.1, -0.05) is 5.21 Å². The molecule has 0 bridgehead atoms. The maximum Gasteiger partial charge on any atom is 0.410 e. The number of aromatic nitrogens is 3. The molecule has 0 spiro atoms. The summed E-state index contributed by atoms with van der Waals surface area (Å²) >= 11 is 5.72. The SMILES string of the molecule is CC(C)(C)OC(=O)N1CCC[C@H](Cn2cc(CCl)nn2)C1. The average molecular weight is 315 g/mol. The number of carbonyl (C=O) groups excluding carboxylic acids is 1. The van der Waals surface area contributed by atoms with Gasteiger partial charge in [-0.05, 0) is 39.5 Å². The van der Waals surface area contributed by atoms with Gasteiger partial charge in [-0.3, -0.25) is 4.68 Å². The highest BCUT2D eigenvalue weighted by molar-refractivity contribution is 6.16. The Morgan fingerprint density at radius 1 is 1.52 bits per heavy atom.